The van der Waals surface area contributed by atoms with E-state index in [1.54, 1.807) is 30.1 Å². The average Bonchev–Trinajstić information content (AvgIpc) is 2.44. The number of halogens is 2. The Labute approximate surface area is 134 Å². The van der Waals surface area contributed by atoms with Crippen LogP contribution in [0.1, 0.15) is 28.9 Å². The zero-order valence-electron chi connectivity index (χ0n) is 11.8. The van der Waals surface area contributed by atoms with Gasteiger partial charge in [-0.1, -0.05) is 41.4 Å². The third kappa shape index (κ3) is 3.49. The van der Waals surface area contributed by atoms with Gasteiger partial charge in [-0.25, -0.2) is 0 Å². The first kappa shape index (κ1) is 15.7. The van der Waals surface area contributed by atoms with Crippen LogP contribution in [0.15, 0.2) is 42.5 Å². The quantitative estimate of drug-likeness (QED) is 0.851. The van der Waals surface area contributed by atoms with Crippen LogP contribution in [0.2, 0.25) is 10.0 Å². The van der Waals surface area contributed by atoms with Gasteiger partial charge in [0.2, 0.25) is 0 Å². The number of carbonyl (C=O) groups is 1. The lowest BCUT2D eigenvalue weighted by Gasteiger charge is -2.26. The number of hydrogen-bond donors (Lipinski definition) is 1. The van der Waals surface area contributed by atoms with Crippen molar-refractivity contribution in [3.8, 4) is 0 Å². The average molecular weight is 323 g/mol. The molecule has 2 rings (SSSR count). The van der Waals surface area contributed by atoms with Crippen molar-refractivity contribution in [2.24, 2.45) is 0 Å². The van der Waals surface area contributed by atoms with E-state index < -0.39 is 0 Å². The molecule has 0 bridgehead atoms. The Morgan fingerprint density at radius 2 is 1.86 bits per heavy atom. The number of benzene rings is 2. The van der Waals surface area contributed by atoms with Gasteiger partial charge in [-0.05, 0) is 36.8 Å². The lowest BCUT2D eigenvalue weighted by Crippen LogP contribution is -2.29. The molecule has 2 N–H and O–H groups in total. The van der Waals surface area contributed by atoms with Crippen molar-refractivity contribution in [3.05, 3.63) is 63.6 Å². The van der Waals surface area contributed by atoms with Gasteiger partial charge in [0.1, 0.15) is 0 Å². The molecule has 5 heteroatoms. The van der Waals surface area contributed by atoms with Gasteiger partial charge in [0.25, 0.3) is 5.91 Å². The molecule has 21 heavy (non-hydrogen) atoms. The Kier molecular flexibility index (Phi) is 4.76. The Bertz CT molecular complexity index is 653. The molecule has 0 aliphatic carbocycles. The summed E-state index contributed by atoms with van der Waals surface area (Å²) in [6, 6.07) is 12.1. The molecule has 1 unspecified atom stereocenters. The van der Waals surface area contributed by atoms with E-state index in [9.17, 15) is 4.79 Å². The predicted octanol–water partition coefficient (Wildman–Crippen LogP) is 4.41. The number of nitrogen functional groups attached to an aromatic ring is 1. The normalized spacial score (nSPS) is 12.0. The number of amides is 1. The zero-order valence-corrected chi connectivity index (χ0v) is 13.3. The van der Waals surface area contributed by atoms with Gasteiger partial charge in [-0.2, -0.15) is 0 Å². The highest BCUT2D eigenvalue weighted by molar-refractivity contribution is 6.31. The van der Waals surface area contributed by atoms with Gasteiger partial charge in [0.15, 0.2) is 0 Å². The maximum Gasteiger partial charge on any atom is 0.254 e. The maximum atomic E-state index is 12.5. The van der Waals surface area contributed by atoms with Crippen LogP contribution in [0.25, 0.3) is 0 Å². The molecule has 0 aliphatic rings. The summed E-state index contributed by atoms with van der Waals surface area (Å²) in [4.78, 5) is 14.2. The zero-order chi connectivity index (χ0) is 15.6. The largest absolute Gasteiger partial charge is 0.399 e. The summed E-state index contributed by atoms with van der Waals surface area (Å²) in [5, 5.41) is 1.08. The van der Waals surface area contributed by atoms with Crippen molar-refractivity contribution in [1.82, 2.24) is 4.90 Å². The van der Waals surface area contributed by atoms with E-state index in [0.717, 1.165) is 5.56 Å². The number of nitrogens with two attached hydrogens (primary N) is 1. The summed E-state index contributed by atoms with van der Waals surface area (Å²) in [7, 11) is 1.73. The summed E-state index contributed by atoms with van der Waals surface area (Å²) in [6.07, 6.45) is 0. The number of hydrogen-bond acceptors (Lipinski definition) is 2. The highest BCUT2D eigenvalue weighted by Crippen LogP contribution is 2.28. The molecule has 0 saturated carbocycles. The first-order chi connectivity index (χ1) is 9.90. The second-order valence-corrected chi connectivity index (χ2v) is 5.73. The molecule has 1 atom stereocenters. The van der Waals surface area contributed by atoms with Crippen molar-refractivity contribution >= 4 is 34.8 Å². The van der Waals surface area contributed by atoms with Crippen molar-refractivity contribution in [3.63, 3.8) is 0 Å². The predicted molar refractivity (Wildman–Crippen MR) is 87.8 cm³/mol. The van der Waals surface area contributed by atoms with Gasteiger partial charge in [-0.15, -0.1) is 0 Å². The molecule has 0 spiro atoms. The van der Waals surface area contributed by atoms with Crippen molar-refractivity contribution in [2.45, 2.75) is 13.0 Å². The lowest BCUT2D eigenvalue weighted by atomic mass is 10.1. The van der Waals surface area contributed by atoms with Crippen LogP contribution in [0, 0.1) is 0 Å². The molecule has 0 radical (unpaired) electrons. The monoisotopic (exact) mass is 322 g/mol. The first-order valence-electron chi connectivity index (χ1n) is 6.48. The van der Waals surface area contributed by atoms with Crippen LogP contribution in [0.4, 0.5) is 5.69 Å². The standard InChI is InChI=1S/C16H16Cl2N2O/c1-10(14-5-3-4-6-15(14)18)20(2)16(21)11-7-12(17)9-13(19)8-11/h3-10H,19H2,1-2H3. The maximum absolute atomic E-state index is 12.5. The highest BCUT2D eigenvalue weighted by Gasteiger charge is 2.21. The molecule has 1 amide bonds. The van der Waals surface area contributed by atoms with Crippen molar-refractivity contribution in [2.75, 3.05) is 12.8 Å². The minimum absolute atomic E-state index is 0.156. The van der Waals surface area contributed by atoms with Crippen LogP contribution >= 0.6 is 23.2 Å². The van der Waals surface area contributed by atoms with Crippen LogP contribution in [-0.2, 0) is 0 Å². The van der Waals surface area contributed by atoms with E-state index in [0.29, 0.717) is 21.3 Å². The number of rotatable bonds is 3. The molecule has 3 nitrogen and oxygen atoms in total. The van der Waals surface area contributed by atoms with E-state index in [4.69, 9.17) is 28.9 Å². The summed E-state index contributed by atoms with van der Waals surface area (Å²) in [5.41, 5.74) is 7.55. The minimum Gasteiger partial charge on any atom is -0.399 e. The van der Waals surface area contributed by atoms with E-state index >= 15 is 0 Å². The SMILES string of the molecule is CC(c1ccccc1Cl)N(C)C(=O)c1cc(N)cc(Cl)c1. The van der Waals surface area contributed by atoms with Gasteiger partial charge in [0, 0.05) is 28.3 Å². The molecule has 2 aromatic rings. The summed E-state index contributed by atoms with van der Waals surface area (Å²) in [5.74, 6) is -0.156. The Hall–Kier alpha value is -1.71. The second-order valence-electron chi connectivity index (χ2n) is 4.89. The number of carbonyl (C=O) groups excluding carboxylic acids is 1. The molecule has 2 aromatic carbocycles. The third-order valence-electron chi connectivity index (χ3n) is 3.42. The molecule has 0 fully saturated rings. The molecule has 0 saturated heterocycles. The summed E-state index contributed by atoms with van der Waals surface area (Å²) in [6.45, 7) is 1.92. The molecule has 0 aliphatic heterocycles. The minimum atomic E-state index is -0.161. The van der Waals surface area contributed by atoms with Gasteiger partial charge in [0.05, 0.1) is 6.04 Å². The molecule has 0 aromatic heterocycles. The fourth-order valence-corrected chi connectivity index (χ4v) is 2.68. The van der Waals surface area contributed by atoms with Gasteiger partial charge >= 0.3 is 0 Å². The first-order valence-corrected chi connectivity index (χ1v) is 7.23. The second kappa shape index (κ2) is 6.37. The van der Waals surface area contributed by atoms with Crippen LogP contribution in [-0.4, -0.2) is 17.9 Å². The van der Waals surface area contributed by atoms with E-state index in [1.807, 2.05) is 31.2 Å². The molecular formula is C16H16Cl2N2O. The fourth-order valence-electron chi connectivity index (χ4n) is 2.14. The van der Waals surface area contributed by atoms with E-state index in [1.165, 1.54) is 0 Å². The van der Waals surface area contributed by atoms with Crippen molar-refractivity contribution < 1.29 is 4.79 Å². The Balaban J connectivity index is 2.28. The topological polar surface area (TPSA) is 46.3 Å². The molecule has 0 heterocycles. The van der Waals surface area contributed by atoms with E-state index in [-0.39, 0.29) is 11.9 Å². The molecular weight excluding hydrogens is 307 g/mol. The smallest absolute Gasteiger partial charge is 0.254 e. The van der Waals surface area contributed by atoms with E-state index in [2.05, 4.69) is 0 Å². The van der Waals surface area contributed by atoms with Crippen LogP contribution in [0.3, 0.4) is 0 Å². The fraction of sp³-hybridized carbons (Fsp3) is 0.188. The number of nitrogens with zero attached hydrogens (tertiary/aromatic N) is 1. The lowest BCUT2D eigenvalue weighted by molar-refractivity contribution is 0.0743. The Morgan fingerprint density at radius 3 is 2.48 bits per heavy atom. The summed E-state index contributed by atoms with van der Waals surface area (Å²) >= 11 is 12.1. The van der Waals surface area contributed by atoms with Gasteiger partial charge in [-0.3, -0.25) is 4.79 Å². The van der Waals surface area contributed by atoms with Crippen molar-refractivity contribution in [1.29, 1.82) is 0 Å². The third-order valence-corrected chi connectivity index (χ3v) is 3.99. The molecule has 110 valence electrons. The highest BCUT2D eigenvalue weighted by atomic mass is 35.5. The summed E-state index contributed by atoms with van der Waals surface area (Å²) < 4.78 is 0. The Morgan fingerprint density at radius 1 is 1.19 bits per heavy atom. The van der Waals surface area contributed by atoms with Crippen LogP contribution < -0.4 is 5.73 Å². The van der Waals surface area contributed by atoms with Gasteiger partial charge < -0.3 is 10.6 Å². The van der Waals surface area contributed by atoms with Crippen LogP contribution in [0.5, 0.6) is 0 Å². The number of anilines is 1.